The Morgan fingerprint density at radius 2 is 0.927 bits per heavy atom. The van der Waals surface area contributed by atoms with E-state index < -0.39 is 0 Å². The zero-order chi connectivity index (χ0) is 28.4. The molecule has 4 nitrogen and oxygen atoms in total. The van der Waals surface area contributed by atoms with Gasteiger partial charge in [0.1, 0.15) is 6.54 Å². The van der Waals surface area contributed by atoms with Crippen LogP contribution in [0.3, 0.4) is 0 Å². The fourth-order valence-electron chi connectivity index (χ4n) is 5.41. The van der Waals surface area contributed by atoms with E-state index in [1.54, 1.807) is 0 Å². The van der Waals surface area contributed by atoms with Crippen LogP contribution in [-0.2, 0) is 6.54 Å². The zero-order valence-corrected chi connectivity index (χ0v) is 24.7. The number of fused-ring (bicyclic) bond motifs is 2. The summed E-state index contributed by atoms with van der Waals surface area (Å²) in [7, 11) is 4.23. The van der Waals surface area contributed by atoms with Crippen LogP contribution in [0, 0.1) is 0 Å². The van der Waals surface area contributed by atoms with Crippen molar-refractivity contribution in [1.82, 2.24) is 0 Å². The highest BCUT2D eigenvalue weighted by Crippen LogP contribution is 2.45. The van der Waals surface area contributed by atoms with E-state index >= 15 is 0 Å². The average Bonchev–Trinajstić information content (AvgIpc) is 3.05. The molecule has 4 heteroatoms. The first-order valence-electron chi connectivity index (χ1n) is 14.9. The molecule has 0 aliphatic carbocycles. The summed E-state index contributed by atoms with van der Waals surface area (Å²) in [4.78, 5) is 4.48. The molecule has 0 unspecified atom stereocenters. The number of nitrogens with zero attached hydrogens (tertiary/aromatic N) is 4. The Balaban J connectivity index is 0.000000181. The number of aromatic nitrogens is 2. The van der Waals surface area contributed by atoms with Gasteiger partial charge in [-0.25, -0.2) is 4.57 Å². The van der Waals surface area contributed by atoms with E-state index in [1.807, 2.05) is 6.07 Å². The number of anilines is 4. The highest BCUT2D eigenvalue weighted by molar-refractivity contribution is 5.92. The minimum absolute atomic E-state index is 1.12. The van der Waals surface area contributed by atoms with E-state index in [1.165, 1.54) is 71.7 Å². The first kappa shape index (κ1) is 28.1. The Kier molecular flexibility index (Phi) is 9.43. The van der Waals surface area contributed by atoms with Crippen molar-refractivity contribution in [3.63, 3.8) is 0 Å². The van der Waals surface area contributed by atoms with Crippen LogP contribution in [0.5, 0.6) is 0 Å². The fourth-order valence-corrected chi connectivity index (χ4v) is 5.41. The Bertz CT molecular complexity index is 1420. The number of benzene rings is 3. The van der Waals surface area contributed by atoms with Crippen molar-refractivity contribution in [2.75, 3.05) is 23.9 Å². The maximum Gasteiger partial charge on any atom is 0.210 e. The van der Waals surface area contributed by atoms with Crippen molar-refractivity contribution < 1.29 is 9.13 Å². The molecule has 41 heavy (non-hydrogen) atoms. The van der Waals surface area contributed by atoms with Crippen LogP contribution in [0.2, 0.25) is 0 Å². The van der Waals surface area contributed by atoms with E-state index in [0.29, 0.717) is 0 Å². The smallest absolute Gasteiger partial charge is 0.210 e. The average molecular weight is 543 g/mol. The largest absolute Gasteiger partial charge is 0.341 e. The summed E-state index contributed by atoms with van der Waals surface area (Å²) >= 11 is 0. The molecule has 6 rings (SSSR count). The molecule has 0 bridgehead atoms. The second kappa shape index (κ2) is 13.8. The second-order valence-electron chi connectivity index (χ2n) is 10.7. The van der Waals surface area contributed by atoms with Gasteiger partial charge >= 0.3 is 0 Å². The molecule has 0 saturated heterocycles. The number of rotatable bonds is 8. The molecule has 0 amide bonds. The first-order chi connectivity index (χ1) is 20.2. The molecule has 1 aliphatic rings. The molecule has 208 valence electrons. The number of hydrogen-bond acceptors (Lipinski definition) is 2. The predicted molar refractivity (Wildman–Crippen MR) is 171 cm³/mol. The van der Waals surface area contributed by atoms with Gasteiger partial charge in [-0.3, -0.25) is 0 Å². The van der Waals surface area contributed by atoms with Crippen molar-refractivity contribution in [3.05, 3.63) is 128 Å². The van der Waals surface area contributed by atoms with Gasteiger partial charge in [0.2, 0.25) is 5.69 Å². The predicted octanol–water partition coefficient (Wildman–Crippen LogP) is 8.42. The Morgan fingerprint density at radius 1 is 0.488 bits per heavy atom. The van der Waals surface area contributed by atoms with Crippen molar-refractivity contribution in [1.29, 1.82) is 0 Å². The maximum absolute atomic E-state index is 2.29. The standard InChI is InChI=1S/C23H28N2.C14H14N2/c1-2-3-4-5-9-16-24-17-12-21(13-18-24)22-14-19-25(20-15-22)23-10-7-6-8-11-23;1-15-11-7-3-5-9-13(11)16(2)14-10-6-4-8-12(14)15/h6-8,10-15,17-20H,2-5,9,16H2,1H3;3-10H,1-2H3/q+2;. The summed E-state index contributed by atoms with van der Waals surface area (Å²) in [6, 6.07) is 36.1. The zero-order valence-electron chi connectivity index (χ0n) is 24.7. The van der Waals surface area contributed by atoms with Crippen LogP contribution < -0.4 is 18.9 Å². The number of pyridine rings is 2. The van der Waals surface area contributed by atoms with Crippen molar-refractivity contribution in [2.45, 2.75) is 45.6 Å². The lowest BCUT2D eigenvalue weighted by Crippen LogP contribution is -2.32. The number of unbranched alkanes of at least 4 members (excludes halogenated alkanes) is 4. The molecule has 0 spiro atoms. The van der Waals surface area contributed by atoms with Crippen LogP contribution >= 0.6 is 0 Å². The molecule has 2 aromatic heterocycles. The van der Waals surface area contributed by atoms with E-state index in [4.69, 9.17) is 0 Å². The molecular formula is C37H42N4+2. The molecule has 0 atom stereocenters. The molecular weight excluding hydrogens is 500 g/mol. The first-order valence-corrected chi connectivity index (χ1v) is 14.9. The summed E-state index contributed by atoms with van der Waals surface area (Å²) in [5.41, 5.74) is 8.72. The van der Waals surface area contributed by atoms with Gasteiger partial charge in [0.05, 0.1) is 22.7 Å². The van der Waals surface area contributed by atoms with Crippen LogP contribution in [0.25, 0.3) is 16.8 Å². The van der Waals surface area contributed by atoms with Crippen LogP contribution in [0.4, 0.5) is 22.7 Å². The Morgan fingerprint density at radius 3 is 1.41 bits per heavy atom. The highest BCUT2D eigenvalue weighted by Gasteiger charge is 2.22. The lowest BCUT2D eigenvalue weighted by Gasteiger charge is -2.36. The van der Waals surface area contributed by atoms with E-state index in [2.05, 4.69) is 162 Å². The second-order valence-corrected chi connectivity index (χ2v) is 10.7. The Labute approximate surface area is 245 Å². The number of aryl methyl sites for hydroxylation is 1. The third kappa shape index (κ3) is 6.83. The SMILES string of the molecule is CCCCCCC[n+]1ccc(-c2cc[n+](-c3ccccc3)cc2)cc1.CN1c2ccccc2N(C)c2ccccc21. The molecule has 0 radical (unpaired) electrons. The summed E-state index contributed by atoms with van der Waals surface area (Å²) in [6.07, 6.45) is 15.3. The number of hydrogen-bond donors (Lipinski definition) is 0. The lowest BCUT2D eigenvalue weighted by molar-refractivity contribution is -0.697. The van der Waals surface area contributed by atoms with Gasteiger partial charge in [-0.1, -0.05) is 68.7 Å². The topological polar surface area (TPSA) is 14.2 Å². The lowest BCUT2D eigenvalue weighted by atomic mass is 10.1. The molecule has 0 saturated carbocycles. The quantitative estimate of drug-likeness (QED) is 0.144. The molecule has 0 N–H and O–H groups in total. The molecule has 5 aromatic rings. The third-order valence-electron chi connectivity index (χ3n) is 7.84. The fraction of sp³-hybridized carbons (Fsp3) is 0.243. The van der Waals surface area contributed by atoms with Crippen molar-refractivity contribution in [2.24, 2.45) is 0 Å². The monoisotopic (exact) mass is 542 g/mol. The minimum Gasteiger partial charge on any atom is -0.341 e. The van der Waals surface area contributed by atoms with Gasteiger partial charge < -0.3 is 9.80 Å². The minimum atomic E-state index is 1.12. The molecule has 0 fully saturated rings. The molecule has 1 aliphatic heterocycles. The van der Waals surface area contributed by atoms with Gasteiger partial charge in [-0.05, 0) is 41.8 Å². The molecule has 3 aromatic carbocycles. The van der Waals surface area contributed by atoms with Gasteiger partial charge in [0.15, 0.2) is 24.8 Å². The van der Waals surface area contributed by atoms with Gasteiger partial charge in [0, 0.05) is 56.9 Å². The molecule has 3 heterocycles. The van der Waals surface area contributed by atoms with Crippen LogP contribution in [-0.4, -0.2) is 14.1 Å². The van der Waals surface area contributed by atoms with Gasteiger partial charge in [0.25, 0.3) is 0 Å². The summed E-state index contributed by atoms with van der Waals surface area (Å²) < 4.78 is 4.44. The van der Waals surface area contributed by atoms with Crippen molar-refractivity contribution in [3.8, 4) is 16.8 Å². The maximum atomic E-state index is 2.29. The van der Waals surface area contributed by atoms with Gasteiger partial charge in [-0.2, -0.15) is 4.57 Å². The van der Waals surface area contributed by atoms with E-state index in [9.17, 15) is 0 Å². The van der Waals surface area contributed by atoms with E-state index in [0.717, 1.165) is 6.54 Å². The van der Waals surface area contributed by atoms with Crippen molar-refractivity contribution >= 4 is 22.7 Å². The summed E-state index contributed by atoms with van der Waals surface area (Å²) in [5.74, 6) is 0. The van der Waals surface area contributed by atoms with E-state index in [-0.39, 0.29) is 0 Å². The summed E-state index contributed by atoms with van der Waals surface area (Å²) in [6.45, 7) is 3.38. The van der Waals surface area contributed by atoms with Crippen LogP contribution in [0.15, 0.2) is 128 Å². The van der Waals surface area contributed by atoms with Crippen LogP contribution in [0.1, 0.15) is 39.0 Å². The Hall–Kier alpha value is -4.44. The third-order valence-corrected chi connectivity index (χ3v) is 7.84. The van der Waals surface area contributed by atoms with Gasteiger partial charge in [-0.15, -0.1) is 0 Å². The highest BCUT2D eigenvalue weighted by atomic mass is 15.2. The normalized spacial score (nSPS) is 11.8. The number of para-hydroxylation sites is 5. The summed E-state index contributed by atoms with van der Waals surface area (Å²) in [5, 5.41) is 0.